The predicted octanol–water partition coefficient (Wildman–Crippen LogP) is 4.68. The maximum absolute atomic E-state index is 13.4. The van der Waals surface area contributed by atoms with Crippen LogP contribution in [0.2, 0.25) is 0 Å². The van der Waals surface area contributed by atoms with Gasteiger partial charge in [0.15, 0.2) is 0 Å². The average Bonchev–Trinajstić information content (AvgIpc) is 2.60. The third kappa shape index (κ3) is 3.13. The fourth-order valence-corrected chi connectivity index (χ4v) is 6.50. The van der Waals surface area contributed by atoms with Gasteiger partial charge in [-0.05, 0) is 57.1 Å². The van der Waals surface area contributed by atoms with Crippen LogP contribution in [-0.2, 0) is 9.84 Å². The second kappa shape index (κ2) is 6.46. The summed E-state index contributed by atoms with van der Waals surface area (Å²) >= 11 is 0. The van der Waals surface area contributed by atoms with Crippen molar-refractivity contribution in [3.05, 3.63) is 52.9 Å². The van der Waals surface area contributed by atoms with Gasteiger partial charge in [-0.3, -0.25) is 4.85 Å². The molecule has 0 heterocycles. The molecule has 4 nitrogen and oxygen atoms in total. The van der Waals surface area contributed by atoms with Gasteiger partial charge in [-0.25, -0.2) is 15.0 Å². The highest BCUT2D eigenvalue weighted by Crippen LogP contribution is 2.55. The Bertz CT molecular complexity index is 908. The summed E-state index contributed by atoms with van der Waals surface area (Å²) in [5.74, 6) is -0.128. The van der Waals surface area contributed by atoms with Gasteiger partial charge < -0.3 is 5.11 Å². The van der Waals surface area contributed by atoms with Crippen LogP contribution in [0.4, 0.5) is 0 Å². The third-order valence-corrected chi connectivity index (χ3v) is 9.14. The van der Waals surface area contributed by atoms with Crippen LogP contribution in [-0.4, -0.2) is 24.0 Å². The highest BCUT2D eigenvalue weighted by Gasteiger charge is 2.55. The lowest BCUT2D eigenvalue weighted by atomic mass is 9.56. The van der Waals surface area contributed by atoms with E-state index in [9.17, 15) is 13.5 Å². The first-order valence-corrected chi connectivity index (χ1v) is 11.1. The smallest absolute Gasteiger partial charge is 0.351 e. The van der Waals surface area contributed by atoms with E-state index in [1.165, 1.54) is 6.92 Å². The van der Waals surface area contributed by atoms with Crippen molar-refractivity contribution in [1.82, 2.24) is 0 Å². The number of hydrogen-bond donors (Lipinski definition) is 1. The third-order valence-electron chi connectivity index (χ3n) is 6.85. The lowest BCUT2D eigenvalue weighted by Crippen LogP contribution is -2.50. The monoisotopic (exact) mass is 387 g/mol. The van der Waals surface area contributed by atoms with Crippen LogP contribution >= 0.6 is 0 Å². The van der Waals surface area contributed by atoms with E-state index in [0.29, 0.717) is 18.4 Å². The minimum Gasteiger partial charge on any atom is -0.390 e. The van der Waals surface area contributed by atoms with Crippen LogP contribution in [0.3, 0.4) is 0 Å². The number of aryl methyl sites for hydroxylation is 1. The fourth-order valence-electron chi connectivity index (χ4n) is 4.92. The Balaban J connectivity index is 2.09. The van der Waals surface area contributed by atoms with Crippen molar-refractivity contribution in [3.63, 3.8) is 0 Å². The molecule has 1 aromatic carbocycles. The molecule has 0 saturated heterocycles. The van der Waals surface area contributed by atoms with E-state index >= 15 is 0 Å². The second-order valence-corrected chi connectivity index (χ2v) is 11.2. The first-order valence-electron chi connectivity index (χ1n) is 9.60. The van der Waals surface area contributed by atoms with Crippen LogP contribution in [0.1, 0.15) is 58.4 Å². The molecule has 1 unspecified atom stereocenters. The Labute approximate surface area is 163 Å². The molecule has 0 radical (unpaired) electrons. The largest absolute Gasteiger partial charge is 0.390 e. The quantitative estimate of drug-likeness (QED) is 0.605. The Morgan fingerprint density at radius 2 is 1.81 bits per heavy atom. The number of aliphatic hydroxyl groups is 1. The van der Waals surface area contributed by atoms with Crippen LogP contribution in [0.15, 0.2) is 40.8 Å². The number of rotatable bonds is 3. The van der Waals surface area contributed by atoms with E-state index < -0.39 is 20.3 Å². The molecule has 5 heteroatoms. The summed E-state index contributed by atoms with van der Waals surface area (Å²) in [5, 5.41) is 11.0. The van der Waals surface area contributed by atoms with Gasteiger partial charge in [0.05, 0.1) is 10.5 Å². The lowest BCUT2D eigenvalue weighted by Gasteiger charge is -2.51. The van der Waals surface area contributed by atoms with Crippen LogP contribution in [0, 0.1) is 24.8 Å². The predicted molar refractivity (Wildman–Crippen MR) is 107 cm³/mol. The fraction of sp³-hybridized carbons (Fsp3) is 0.591. The average molecular weight is 388 g/mol. The molecule has 0 amide bonds. The van der Waals surface area contributed by atoms with Crippen molar-refractivity contribution >= 4 is 9.84 Å². The summed E-state index contributed by atoms with van der Waals surface area (Å²) in [5.41, 5.74) is 0.698. The van der Waals surface area contributed by atoms with Gasteiger partial charge in [0.2, 0.25) is 0 Å². The molecule has 0 aliphatic heterocycles. The van der Waals surface area contributed by atoms with Gasteiger partial charge in [-0.2, -0.15) is 0 Å². The number of sulfone groups is 1. The minimum atomic E-state index is -3.87. The molecule has 3 rings (SSSR count). The van der Waals surface area contributed by atoms with Crippen molar-refractivity contribution in [1.29, 1.82) is 0 Å². The minimum absolute atomic E-state index is 0.0399. The SMILES string of the molecule is [C-]#[N+]C(C)(C1=C[C@H]2[C@@](C)(CCC[C@@]2(C)O)CC1)S(=O)(=O)c1ccc(C)cc1. The number of fused-ring (bicyclic) bond motifs is 1. The zero-order chi connectivity index (χ0) is 20.1. The maximum atomic E-state index is 13.4. The maximum Gasteiger partial charge on any atom is 0.351 e. The molecule has 27 heavy (non-hydrogen) atoms. The highest BCUT2D eigenvalue weighted by atomic mass is 32.2. The molecule has 4 atom stereocenters. The van der Waals surface area contributed by atoms with E-state index in [-0.39, 0.29) is 16.2 Å². The Morgan fingerprint density at radius 3 is 2.41 bits per heavy atom. The lowest BCUT2D eigenvalue weighted by molar-refractivity contribution is -0.0796. The molecule has 1 aromatic rings. The summed E-state index contributed by atoms with van der Waals surface area (Å²) in [4.78, 5) is 2.17. The van der Waals surface area contributed by atoms with Crippen molar-refractivity contribution in [2.24, 2.45) is 11.3 Å². The van der Waals surface area contributed by atoms with Crippen molar-refractivity contribution in [2.45, 2.75) is 75.2 Å². The van der Waals surface area contributed by atoms with E-state index in [0.717, 1.165) is 24.8 Å². The zero-order valence-electron chi connectivity index (χ0n) is 16.6. The Kier molecular flexibility index (Phi) is 4.81. The summed E-state index contributed by atoms with van der Waals surface area (Å²) in [6.07, 6.45) is 6.01. The van der Waals surface area contributed by atoms with Gasteiger partial charge in [-0.1, -0.05) is 37.1 Å². The Morgan fingerprint density at radius 1 is 1.19 bits per heavy atom. The molecular formula is C22H29NO3S. The molecule has 0 spiro atoms. The summed E-state index contributed by atoms with van der Waals surface area (Å²) in [6.45, 7) is 15.2. The van der Waals surface area contributed by atoms with Gasteiger partial charge >= 0.3 is 4.87 Å². The second-order valence-electron chi connectivity index (χ2n) is 8.95. The van der Waals surface area contributed by atoms with Crippen molar-refractivity contribution < 1.29 is 13.5 Å². The van der Waals surface area contributed by atoms with Crippen molar-refractivity contribution in [2.75, 3.05) is 0 Å². The topological polar surface area (TPSA) is 58.7 Å². The highest BCUT2D eigenvalue weighted by molar-refractivity contribution is 7.93. The van der Waals surface area contributed by atoms with E-state index in [4.69, 9.17) is 6.57 Å². The number of benzene rings is 1. The molecule has 2 aliphatic carbocycles. The Hall–Kier alpha value is -1.64. The molecule has 0 aromatic heterocycles. The van der Waals surface area contributed by atoms with Gasteiger partial charge in [0.1, 0.15) is 0 Å². The summed E-state index contributed by atoms with van der Waals surface area (Å²) < 4.78 is 26.8. The molecular weight excluding hydrogens is 358 g/mol. The van der Waals surface area contributed by atoms with Crippen molar-refractivity contribution in [3.8, 4) is 0 Å². The normalized spacial score (nSPS) is 33.3. The molecule has 2 aliphatic rings. The molecule has 146 valence electrons. The molecule has 0 bridgehead atoms. The van der Waals surface area contributed by atoms with E-state index in [2.05, 4.69) is 11.8 Å². The van der Waals surface area contributed by atoms with Crippen LogP contribution < -0.4 is 0 Å². The standard InChI is InChI=1S/C22H29NO3S/c1-16-7-9-18(10-8-16)27(25,26)22(4,23-5)17-11-14-20(2)12-6-13-21(3,24)19(20)15-17/h7-10,15,19,24H,6,11-14H2,1-4H3/t19-,20-,21+,22?/m0/s1. The number of hydrogen-bond acceptors (Lipinski definition) is 3. The summed E-state index contributed by atoms with van der Waals surface area (Å²) in [6, 6.07) is 6.68. The first kappa shape index (κ1) is 20.1. The molecule has 1 saturated carbocycles. The first-order chi connectivity index (χ1) is 12.5. The molecule has 1 N–H and O–H groups in total. The van der Waals surface area contributed by atoms with Gasteiger partial charge in [0, 0.05) is 18.4 Å². The molecule has 1 fully saturated rings. The van der Waals surface area contributed by atoms with Crippen LogP contribution in [0.25, 0.3) is 4.85 Å². The van der Waals surface area contributed by atoms with Gasteiger partial charge in [0.25, 0.3) is 9.84 Å². The zero-order valence-corrected chi connectivity index (χ0v) is 17.4. The van der Waals surface area contributed by atoms with Crippen LogP contribution in [0.5, 0.6) is 0 Å². The van der Waals surface area contributed by atoms with E-state index in [1.54, 1.807) is 24.3 Å². The number of nitrogens with zero attached hydrogens (tertiary/aromatic N) is 1. The van der Waals surface area contributed by atoms with Gasteiger partial charge in [-0.15, -0.1) is 0 Å². The van der Waals surface area contributed by atoms with E-state index in [1.807, 2.05) is 19.9 Å². The summed E-state index contributed by atoms with van der Waals surface area (Å²) in [7, 11) is -3.87.